The number of rotatable bonds is 5. The summed E-state index contributed by atoms with van der Waals surface area (Å²) in [6.07, 6.45) is 3.80. The van der Waals surface area contributed by atoms with Crippen LogP contribution in [0.25, 0.3) is 0 Å². The molecule has 0 aliphatic carbocycles. The van der Waals surface area contributed by atoms with Crippen LogP contribution in [-0.4, -0.2) is 38.8 Å². The summed E-state index contributed by atoms with van der Waals surface area (Å²) < 4.78 is 0. The second-order valence-corrected chi connectivity index (χ2v) is 8.44. The van der Waals surface area contributed by atoms with Crippen molar-refractivity contribution in [2.75, 3.05) is 18.4 Å². The minimum atomic E-state index is 0.0872. The van der Waals surface area contributed by atoms with Gasteiger partial charge in [-0.15, -0.1) is 0 Å². The van der Waals surface area contributed by atoms with E-state index in [2.05, 4.69) is 35.2 Å². The highest BCUT2D eigenvalue weighted by Gasteiger charge is 2.27. The summed E-state index contributed by atoms with van der Waals surface area (Å²) in [6, 6.07) is 15.6. The van der Waals surface area contributed by atoms with Crippen molar-refractivity contribution in [1.82, 2.24) is 19.9 Å². The Kier molecular flexibility index (Phi) is 6.26. The number of likely N-dealkylation sites (tertiary alicyclic amines) is 1. The van der Waals surface area contributed by atoms with Gasteiger partial charge in [-0.2, -0.15) is 0 Å². The van der Waals surface area contributed by atoms with Gasteiger partial charge >= 0.3 is 0 Å². The first-order valence-electron chi connectivity index (χ1n) is 10.9. The van der Waals surface area contributed by atoms with E-state index in [1.54, 1.807) is 0 Å². The number of nitrogens with zero attached hydrogens (tertiary/aromatic N) is 4. The first kappa shape index (κ1) is 21.0. The maximum atomic E-state index is 12.9. The van der Waals surface area contributed by atoms with Gasteiger partial charge in [0, 0.05) is 36.8 Å². The summed E-state index contributed by atoms with van der Waals surface area (Å²) in [5, 5.41) is 3.34. The fraction of sp³-hybridized carbons (Fsp3) is 0.360. The van der Waals surface area contributed by atoms with Crippen molar-refractivity contribution in [3.8, 4) is 0 Å². The molecule has 1 amide bonds. The van der Waals surface area contributed by atoms with E-state index < -0.39 is 0 Å². The zero-order valence-electron chi connectivity index (χ0n) is 18.4. The molecule has 0 spiro atoms. The predicted octanol–water partition coefficient (Wildman–Crippen LogP) is 5.07. The quantitative estimate of drug-likeness (QED) is 0.630. The van der Waals surface area contributed by atoms with Gasteiger partial charge in [0.15, 0.2) is 0 Å². The molecule has 0 saturated carbocycles. The normalized spacial score (nSPS) is 16.4. The maximum Gasteiger partial charge on any atom is 0.253 e. The van der Waals surface area contributed by atoms with Gasteiger partial charge in [0.2, 0.25) is 0 Å². The van der Waals surface area contributed by atoms with E-state index in [0.717, 1.165) is 42.3 Å². The topological polar surface area (TPSA) is 71.0 Å². The monoisotopic (exact) mass is 415 g/mol. The third-order valence-corrected chi connectivity index (χ3v) is 5.71. The van der Waals surface area contributed by atoms with Crippen LogP contribution in [0.4, 0.5) is 11.6 Å². The van der Waals surface area contributed by atoms with E-state index in [1.165, 1.54) is 5.56 Å². The number of benzene rings is 1. The molecule has 1 aromatic carbocycles. The molecule has 3 aromatic rings. The number of hydrogen-bond donors (Lipinski definition) is 1. The van der Waals surface area contributed by atoms with Gasteiger partial charge in [-0.3, -0.25) is 4.79 Å². The molecule has 2 aromatic heterocycles. The maximum absolute atomic E-state index is 12.9. The van der Waals surface area contributed by atoms with Crippen molar-refractivity contribution in [3.05, 3.63) is 77.4 Å². The van der Waals surface area contributed by atoms with Crippen LogP contribution in [0.5, 0.6) is 0 Å². The first-order valence-corrected chi connectivity index (χ1v) is 10.9. The number of aromatic nitrogens is 3. The predicted molar refractivity (Wildman–Crippen MR) is 123 cm³/mol. The number of aryl methyl sites for hydroxylation is 1. The SMILES string of the molecule is Cc1nc(Nc2cc(C(C)C)ccn2)cc(C2CCCN(C(=O)c3ccccc3)C2)n1. The summed E-state index contributed by atoms with van der Waals surface area (Å²) >= 11 is 0. The Balaban J connectivity index is 1.52. The third-order valence-electron chi connectivity index (χ3n) is 5.71. The minimum absolute atomic E-state index is 0.0872. The standard InChI is InChI=1S/C25H29N5O/c1-17(2)20-11-12-26-23(14-20)29-24-15-22(27-18(3)28-24)21-10-7-13-30(16-21)25(31)19-8-5-4-6-9-19/h4-6,8-9,11-12,14-15,17,21H,7,10,13,16H2,1-3H3,(H,26,27,28,29). The summed E-state index contributed by atoms with van der Waals surface area (Å²) in [5.41, 5.74) is 2.94. The van der Waals surface area contributed by atoms with Gasteiger partial charge < -0.3 is 10.2 Å². The Morgan fingerprint density at radius 3 is 2.68 bits per heavy atom. The van der Waals surface area contributed by atoms with Gasteiger partial charge in [0.25, 0.3) is 5.91 Å². The second-order valence-electron chi connectivity index (χ2n) is 8.44. The number of carbonyl (C=O) groups excluding carboxylic acids is 1. The average molecular weight is 416 g/mol. The molecule has 0 bridgehead atoms. The van der Waals surface area contributed by atoms with Crippen LogP contribution in [0.2, 0.25) is 0 Å². The van der Waals surface area contributed by atoms with Crippen LogP contribution in [0, 0.1) is 6.92 Å². The molecular weight excluding hydrogens is 386 g/mol. The number of carbonyl (C=O) groups is 1. The number of amides is 1. The van der Waals surface area contributed by atoms with Gasteiger partial charge in [0.1, 0.15) is 17.5 Å². The number of pyridine rings is 1. The zero-order chi connectivity index (χ0) is 21.8. The Morgan fingerprint density at radius 2 is 1.90 bits per heavy atom. The van der Waals surface area contributed by atoms with E-state index >= 15 is 0 Å². The van der Waals surface area contributed by atoms with Crippen LogP contribution in [-0.2, 0) is 0 Å². The Hall–Kier alpha value is -3.28. The highest BCUT2D eigenvalue weighted by molar-refractivity contribution is 5.94. The number of hydrogen-bond acceptors (Lipinski definition) is 5. The Morgan fingerprint density at radius 1 is 1.10 bits per heavy atom. The Labute approximate surface area is 183 Å². The van der Waals surface area contributed by atoms with Gasteiger partial charge in [-0.1, -0.05) is 32.0 Å². The largest absolute Gasteiger partial charge is 0.338 e. The first-order chi connectivity index (χ1) is 15.0. The summed E-state index contributed by atoms with van der Waals surface area (Å²) in [6.45, 7) is 7.69. The molecular formula is C25H29N5O. The van der Waals surface area contributed by atoms with Crippen molar-refractivity contribution in [2.45, 2.75) is 45.4 Å². The second kappa shape index (κ2) is 9.25. The van der Waals surface area contributed by atoms with Crippen molar-refractivity contribution >= 4 is 17.5 Å². The average Bonchev–Trinajstić information content (AvgIpc) is 2.79. The lowest BCUT2D eigenvalue weighted by atomic mass is 9.94. The lowest BCUT2D eigenvalue weighted by Crippen LogP contribution is -2.39. The van der Waals surface area contributed by atoms with E-state index in [1.807, 2.05) is 60.5 Å². The lowest BCUT2D eigenvalue weighted by Gasteiger charge is -2.32. The van der Waals surface area contributed by atoms with Crippen LogP contribution in [0.3, 0.4) is 0 Å². The number of anilines is 2. The van der Waals surface area contributed by atoms with Crippen LogP contribution < -0.4 is 5.32 Å². The lowest BCUT2D eigenvalue weighted by molar-refractivity contribution is 0.0706. The van der Waals surface area contributed by atoms with E-state index in [-0.39, 0.29) is 11.8 Å². The van der Waals surface area contributed by atoms with E-state index in [4.69, 9.17) is 4.98 Å². The molecule has 3 heterocycles. The van der Waals surface area contributed by atoms with Crippen LogP contribution in [0.1, 0.15) is 66.0 Å². The van der Waals surface area contributed by atoms with Gasteiger partial charge in [-0.25, -0.2) is 15.0 Å². The van der Waals surface area contributed by atoms with Crippen molar-refractivity contribution in [3.63, 3.8) is 0 Å². The summed E-state index contributed by atoms with van der Waals surface area (Å²) in [7, 11) is 0. The molecule has 1 atom stereocenters. The summed E-state index contributed by atoms with van der Waals surface area (Å²) in [5.74, 6) is 2.94. The van der Waals surface area contributed by atoms with Crippen molar-refractivity contribution in [1.29, 1.82) is 0 Å². The highest BCUT2D eigenvalue weighted by Crippen LogP contribution is 2.28. The summed E-state index contributed by atoms with van der Waals surface area (Å²) in [4.78, 5) is 28.5. The van der Waals surface area contributed by atoms with Crippen molar-refractivity contribution in [2.24, 2.45) is 0 Å². The highest BCUT2D eigenvalue weighted by atomic mass is 16.2. The Bertz CT molecular complexity index is 1050. The molecule has 1 unspecified atom stereocenters. The van der Waals surface area contributed by atoms with Crippen molar-refractivity contribution < 1.29 is 4.79 Å². The molecule has 4 rings (SSSR count). The third kappa shape index (κ3) is 5.08. The molecule has 160 valence electrons. The van der Waals surface area contributed by atoms with E-state index in [0.29, 0.717) is 18.3 Å². The molecule has 1 fully saturated rings. The van der Waals surface area contributed by atoms with E-state index in [9.17, 15) is 4.79 Å². The van der Waals surface area contributed by atoms with Crippen LogP contribution >= 0.6 is 0 Å². The zero-order valence-corrected chi connectivity index (χ0v) is 18.4. The molecule has 1 saturated heterocycles. The molecule has 1 aliphatic heterocycles. The smallest absolute Gasteiger partial charge is 0.253 e. The van der Waals surface area contributed by atoms with Gasteiger partial charge in [-0.05, 0) is 55.5 Å². The number of nitrogens with one attached hydrogen (secondary N) is 1. The molecule has 31 heavy (non-hydrogen) atoms. The molecule has 6 heteroatoms. The minimum Gasteiger partial charge on any atom is -0.338 e. The fourth-order valence-corrected chi connectivity index (χ4v) is 4.04. The molecule has 1 aliphatic rings. The molecule has 1 N–H and O–H groups in total. The molecule has 6 nitrogen and oxygen atoms in total. The molecule has 0 radical (unpaired) electrons. The number of piperidine rings is 1. The van der Waals surface area contributed by atoms with Crippen LogP contribution in [0.15, 0.2) is 54.7 Å². The van der Waals surface area contributed by atoms with Gasteiger partial charge in [0.05, 0.1) is 5.69 Å². The fourth-order valence-electron chi connectivity index (χ4n) is 4.04.